The van der Waals surface area contributed by atoms with Crippen LogP contribution in [0.25, 0.3) is 0 Å². The number of nitrogens with zero attached hydrogens (tertiary/aromatic N) is 2. The third-order valence-corrected chi connectivity index (χ3v) is 4.47. The Hall–Kier alpha value is -1.50. The maximum absolute atomic E-state index is 13.7. The fourth-order valence-electron chi connectivity index (χ4n) is 3.01. The van der Waals surface area contributed by atoms with E-state index in [-0.39, 0.29) is 23.5 Å². The first-order valence-corrected chi connectivity index (χ1v) is 7.58. The third kappa shape index (κ3) is 2.99. The molecule has 6 heteroatoms. The van der Waals surface area contributed by atoms with Gasteiger partial charge in [-0.25, -0.2) is 4.39 Å². The largest absolute Gasteiger partial charge is 0.396 e. The van der Waals surface area contributed by atoms with E-state index in [0.29, 0.717) is 26.3 Å². The van der Waals surface area contributed by atoms with Crippen molar-refractivity contribution in [1.29, 1.82) is 0 Å². The zero-order chi connectivity index (χ0) is 15.6. The number of hydrogen-bond donors (Lipinski definition) is 1. The van der Waals surface area contributed by atoms with Gasteiger partial charge in [0.15, 0.2) is 0 Å². The van der Waals surface area contributed by atoms with Crippen LogP contribution in [0.5, 0.6) is 0 Å². The Kier molecular flexibility index (Phi) is 4.42. The van der Waals surface area contributed by atoms with Gasteiger partial charge in [-0.05, 0) is 12.1 Å². The average Bonchev–Trinajstić information content (AvgIpc) is 2.51. The van der Waals surface area contributed by atoms with Crippen molar-refractivity contribution in [3.05, 3.63) is 35.6 Å². The Morgan fingerprint density at radius 1 is 1.23 bits per heavy atom. The van der Waals surface area contributed by atoms with E-state index in [1.165, 1.54) is 12.1 Å². The number of amides is 1. The molecule has 2 fully saturated rings. The predicted molar refractivity (Wildman–Crippen MR) is 79.1 cm³/mol. The van der Waals surface area contributed by atoms with Crippen molar-refractivity contribution in [3.8, 4) is 0 Å². The van der Waals surface area contributed by atoms with Crippen LogP contribution in [0, 0.1) is 11.2 Å². The quantitative estimate of drug-likeness (QED) is 0.885. The number of carbonyl (C=O) groups excluding carboxylic acids is 1. The summed E-state index contributed by atoms with van der Waals surface area (Å²) >= 11 is 0. The van der Waals surface area contributed by atoms with Crippen molar-refractivity contribution in [3.63, 3.8) is 0 Å². The number of benzene rings is 1. The predicted octanol–water partition coefficient (Wildman–Crippen LogP) is 0.592. The second-order valence-corrected chi connectivity index (χ2v) is 6.20. The van der Waals surface area contributed by atoms with Crippen LogP contribution >= 0.6 is 0 Å². The van der Waals surface area contributed by atoms with E-state index in [0.717, 1.165) is 19.6 Å². The normalized spacial score (nSPS) is 21.5. The first-order chi connectivity index (χ1) is 10.6. The van der Waals surface area contributed by atoms with E-state index in [1.54, 1.807) is 17.0 Å². The van der Waals surface area contributed by atoms with Gasteiger partial charge in [-0.15, -0.1) is 0 Å². The van der Waals surface area contributed by atoms with Crippen LogP contribution in [-0.2, 0) is 4.74 Å². The molecule has 2 saturated heterocycles. The summed E-state index contributed by atoms with van der Waals surface area (Å²) in [6.45, 7) is 4.73. The topological polar surface area (TPSA) is 53.0 Å². The molecule has 0 unspecified atom stereocenters. The summed E-state index contributed by atoms with van der Waals surface area (Å²) in [5.74, 6) is -0.720. The monoisotopic (exact) mass is 308 g/mol. The highest BCUT2D eigenvalue weighted by Gasteiger charge is 2.40. The minimum atomic E-state index is -0.472. The molecule has 5 nitrogen and oxygen atoms in total. The molecule has 1 aromatic rings. The number of halogens is 1. The molecular formula is C16H21FN2O3. The summed E-state index contributed by atoms with van der Waals surface area (Å²) < 4.78 is 18.9. The second kappa shape index (κ2) is 6.32. The molecular weight excluding hydrogens is 287 g/mol. The molecule has 1 aromatic carbocycles. The first kappa shape index (κ1) is 15.4. The Balaban J connectivity index is 1.55. The number of hydrogen-bond acceptors (Lipinski definition) is 4. The van der Waals surface area contributed by atoms with E-state index in [4.69, 9.17) is 4.74 Å². The maximum atomic E-state index is 13.7. The molecule has 2 aliphatic rings. The Bertz CT molecular complexity index is 534. The van der Waals surface area contributed by atoms with E-state index in [1.807, 2.05) is 0 Å². The van der Waals surface area contributed by atoms with E-state index >= 15 is 0 Å². The number of piperazine rings is 1. The summed E-state index contributed by atoms with van der Waals surface area (Å²) in [5, 5.41) is 9.47. The molecule has 0 spiro atoms. The van der Waals surface area contributed by atoms with Crippen molar-refractivity contribution in [2.24, 2.45) is 5.41 Å². The number of carbonyl (C=O) groups is 1. The summed E-state index contributed by atoms with van der Waals surface area (Å²) in [5.41, 5.74) is -0.00674. The summed E-state index contributed by atoms with van der Waals surface area (Å²) in [7, 11) is 0. The van der Waals surface area contributed by atoms with Crippen LogP contribution in [0.1, 0.15) is 10.4 Å². The van der Waals surface area contributed by atoms with Crippen LogP contribution in [0.15, 0.2) is 24.3 Å². The van der Waals surface area contributed by atoms with Crippen molar-refractivity contribution < 1.29 is 19.0 Å². The van der Waals surface area contributed by atoms with Gasteiger partial charge in [0.1, 0.15) is 5.82 Å². The molecule has 0 aliphatic carbocycles. The minimum absolute atomic E-state index is 0.126. The second-order valence-electron chi connectivity index (χ2n) is 6.20. The van der Waals surface area contributed by atoms with Gasteiger partial charge >= 0.3 is 0 Å². The zero-order valence-corrected chi connectivity index (χ0v) is 12.5. The summed E-state index contributed by atoms with van der Waals surface area (Å²) in [6.07, 6.45) is 0. The van der Waals surface area contributed by atoms with Gasteiger partial charge in [0, 0.05) is 32.7 Å². The van der Waals surface area contributed by atoms with Crippen LogP contribution < -0.4 is 0 Å². The van der Waals surface area contributed by atoms with Gasteiger partial charge < -0.3 is 14.7 Å². The van der Waals surface area contributed by atoms with Crippen LogP contribution in [0.4, 0.5) is 4.39 Å². The number of rotatable bonds is 4. The SMILES string of the molecule is O=C(c1ccccc1F)N1CCN(CC2(CO)COC2)CC1. The lowest BCUT2D eigenvalue weighted by Gasteiger charge is -2.45. The van der Waals surface area contributed by atoms with Crippen LogP contribution in [0.3, 0.4) is 0 Å². The molecule has 22 heavy (non-hydrogen) atoms. The molecule has 3 rings (SSSR count). The number of aliphatic hydroxyl groups is 1. The third-order valence-electron chi connectivity index (χ3n) is 4.47. The smallest absolute Gasteiger partial charge is 0.256 e. The lowest BCUT2D eigenvalue weighted by molar-refractivity contribution is -0.150. The summed E-state index contributed by atoms with van der Waals surface area (Å²) in [6, 6.07) is 6.09. The molecule has 0 aromatic heterocycles. The van der Waals surface area contributed by atoms with Crippen molar-refractivity contribution >= 4 is 5.91 Å². The Morgan fingerprint density at radius 3 is 2.45 bits per heavy atom. The molecule has 1 amide bonds. The number of ether oxygens (including phenoxy) is 1. The molecule has 2 aliphatic heterocycles. The standard InChI is InChI=1S/C16H21FN2O3/c17-14-4-2-1-3-13(14)15(21)19-7-5-18(6-8-19)9-16(10-20)11-22-12-16/h1-4,20H,5-12H2. The zero-order valence-electron chi connectivity index (χ0n) is 12.5. The Morgan fingerprint density at radius 2 is 1.91 bits per heavy atom. The van der Waals surface area contributed by atoms with E-state index < -0.39 is 5.82 Å². The highest BCUT2D eigenvalue weighted by molar-refractivity contribution is 5.94. The molecule has 120 valence electrons. The average molecular weight is 308 g/mol. The first-order valence-electron chi connectivity index (χ1n) is 7.58. The van der Waals surface area contributed by atoms with Crippen LogP contribution in [-0.4, -0.2) is 73.4 Å². The molecule has 0 atom stereocenters. The van der Waals surface area contributed by atoms with Gasteiger partial charge in [0.05, 0.1) is 30.8 Å². The van der Waals surface area contributed by atoms with Crippen LogP contribution in [0.2, 0.25) is 0 Å². The minimum Gasteiger partial charge on any atom is -0.396 e. The highest BCUT2D eigenvalue weighted by atomic mass is 19.1. The fraction of sp³-hybridized carbons (Fsp3) is 0.562. The van der Waals surface area contributed by atoms with Crippen molar-refractivity contribution in [2.75, 3.05) is 52.5 Å². The fourth-order valence-corrected chi connectivity index (χ4v) is 3.01. The Labute approximate surface area is 129 Å². The highest BCUT2D eigenvalue weighted by Crippen LogP contribution is 2.28. The van der Waals surface area contributed by atoms with Gasteiger partial charge in [-0.2, -0.15) is 0 Å². The van der Waals surface area contributed by atoms with Gasteiger partial charge in [-0.1, -0.05) is 12.1 Å². The molecule has 0 radical (unpaired) electrons. The maximum Gasteiger partial charge on any atom is 0.256 e. The molecule has 1 N–H and O–H groups in total. The lowest BCUT2D eigenvalue weighted by Crippen LogP contribution is -2.57. The molecule has 2 heterocycles. The lowest BCUT2D eigenvalue weighted by atomic mass is 9.86. The van der Waals surface area contributed by atoms with Gasteiger partial charge in [0.25, 0.3) is 5.91 Å². The van der Waals surface area contributed by atoms with Crippen molar-refractivity contribution in [1.82, 2.24) is 9.80 Å². The molecule has 0 bridgehead atoms. The number of aliphatic hydroxyl groups excluding tert-OH is 1. The van der Waals surface area contributed by atoms with Gasteiger partial charge in [-0.3, -0.25) is 9.69 Å². The van der Waals surface area contributed by atoms with Crippen molar-refractivity contribution in [2.45, 2.75) is 0 Å². The van der Waals surface area contributed by atoms with Gasteiger partial charge in [0.2, 0.25) is 0 Å². The van der Waals surface area contributed by atoms with E-state index in [2.05, 4.69) is 4.90 Å². The van der Waals surface area contributed by atoms with E-state index in [9.17, 15) is 14.3 Å². The summed E-state index contributed by atoms with van der Waals surface area (Å²) in [4.78, 5) is 16.3. The molecule has 0 saturated carbocycles.